The summed E-state index contributed by atoms with van der Waals surface area (Å²) in [6, 6.07) is 46.3. The average Bonchev–Trinajstić information content (AvgIpc) is 3.04. The molecule has 4 aliphatic rings. The summed E-state index contributed by atoms with van der Waals surface area (Å²) in [6.45, 7) is 0.169. The zero-order valence-corrected chi connectivity index (χ0v) is 25.0. The molecule has 5 aromatic carbocycles. The highest BCUT2D eigenvalue weighted by molar-refractivity contribution is 8.13. The van der Waals surface area contributed by atoms with Gasteiger partial charge in [-0.3, -0.25) is 0 Å². The summed E-state index contributed by atoms with van der Waals surface area (Å²) in [5, 5.41) is 2.64. The first-order chi connectivity index (χ1) is 20.3. The lowest BCUT2D eigenvalue weighted by Crippen LogP contribution is -2.49. The summed E-state index contributed by atoms with van der Waals surface area (Å²) in [5.41, 5.74) is 6.31. The lowest BCUT2D eigenvalue weighted by molar-refractivity contribution is 1.18. The number of rotatable bonds is 2. The van der Waals surface area contributed by atoms with Gasteiger partial charge in [-0.15, -0.1) is 0 Å². The van der Waals surface area contributed by atoms with Crippen molar-refractivity contribution in [1.82, 2.24) is 0 Å². The number of thioether (sulfide) groups is 4. The third-order valence-electron chi connectivity index (χ3n) is 7.76. The Morgan fingerprint density at radius 2 is 0.780 bits per heavy atom. The van der Waals surface area contributed by atoms with Crippen LogP contribution in [-0.4, -0.2) is 6.71 Å². The predicted octanol–water partition coefficient (Wildman–Crippen LogP) is 9.90. The molecule has 0 aliphatic carbocycles. The van der Waals surface area contributed by atoms with Gasteiger partial charge in [-0.05, 0) is 75.7 Å². The molecule has 0 atom stereocenters. The van der Waals surface area contributed by atoms with Crippen molar-refractivity contribution in [3.63, 3.8) is 0 Å². The maximum absolute atomic E-state index is 2.50. The quantitative estimate of drug-likeness (QED) is 0.186. The molecule has 0 aromatic heterocycles. The Balaban J connectivity index is 1.35. The first kappa shape index (κ1) is 24.3. The van der Waals surface area contributed by atoms with E-state index in [0.29, 0.717) is 0 Å². The first-order valence-corrected chi connectivity index (χ1v) is 16.8. The molecule has 194 valence electrons. The molecule has 4 heterocycles. The van der Waals surface area contributed by atoms with E-state index in [2.05, 4.69) is 137 Å². The van der Waals surface area contributed by atoms with Gasteiger partial charge in [0.25, 0.3) is 6.71 Å². The fourth-order valence-electron chi connectivity index (χ4n) is 6.04. The predicted molar refractivity (Wildman–Crippen MR) is 179 cm³/mol. The van der Waals surface area contributed by atoms with Crippen molar-refractivity contribution in [2.45, 2.75) is 19.6 Å². The van der Waals surface area contributed by atoms with Gasteiger partial charge in [0, 0.05) is 42.3 Å². The molecule has 41 heavy (non-hydrogen) atoms. The molecule has 7 heteroatoms. The Morgan fingerprint density at radius 1 is 0.390 bits per heavy atom. The van der Waals surface area contributed by atoms with Gasteiger partial charge in [0.2, 0.25) is 0 Å². The molecule has 0 saturated heterocycles. The normalized spacial score (nSPS) is 16.5. The van der Waals surface area contributed by atoms with Crippen molar-refractivity contribution < 1.29 is 0 Å². The van der Waals surface area contributed by atoms with Crippen LogP contribution in [0.1, 0.15) is 0 Å². The molecule has 4 aliphatic heterocycles. The van der Waals surface area contributed by atoms with Crippen LogP contribution in [0.2, 0.25) is 0 Å². The molecule has 0 saturated carbocycles. The molecule has 0 radical (unpaired) electrons. The Labute approximate surface area is 257 Å². The third kappa shape index (κ3) is 3.73. The van der Waals surface area contributed by atoms with Gasteiger partial charge in [0.05, 0.1) is 10.1 Å². The van der Waals surface area contributed by atoms with Crippen LogP contribution in [0.4, 0.5) is 22.7 Å². The second-order valence-corrected chi connectivity index (χ2v) is 14.4. The van der Waals surface area contributed by atoms with Crippen molar-refractivity contribution in [1.29, 1.82) is 0 Å². The Bertz CT molecular complexity index is 1790. The van der Waals surface area contributed by atoms with Gasteiger partial charge in [0.1, 0.15) is 0 Å². The van der Waals surface area contributed by atoms with Gasteiger partial charge in [-0.2, -0.15) is 0 Å². The van der Waals surface area contributed by atoms with Crippen molar-refractivity contribution in [2.75, 3.05) is 9.80 Å². The van der Waals surface area contributed by atoms with Crippen LogP contribution < -0.4 is 15.3 Å². The maximum atomic E-state index is 2.50. The van der Waals surface area contributed by atoms with E-state index in [9.17, 15) is 0 Å². The molecular formula is C34H21BN2S4. The van der Waals surface area contributed by atoms with E-state index in [1.54, 1.807) is 0 Å². The van der Waals surface area contributed by atoms with Gasteiger partial charge < -0.3 is 9.80 Å². The minimum atomic E-state index is 0.169. The van der Waals surface area contributed by atoms with Crippen LogP contribution in [0.3, 0.4) is 0 Å². The van der Waals surface area contributed by atoms with Gasteiger partial charge >= 0.3 is 0 Å². The van der Waals surface area contributed by atoms with Crippen molar-refractivity contribution >= 4 is 82.0 Å². The summed E-state index contributed by atoms with van der Waals surface area (Å²) >= 11 is 7.73. The Kier molecular flexibility index (Phi) is 5.68. The monoisotopic (exact) mass is 596 g/mol. The maximum Gasteiger partial charge on any atom is 0.270 e. The number of para-hydroxylation sites is 2. The summed E-state index contributed by atoms with van der Waals surface area (Å²) in [6.07, 6.45) is 0. The second-order valence-electron chi connectivity index (χ2n) is 10.1. The molecule has 0 fully saturated rings. The topological polar surface area (TPSA) is 6.48 Å². The van der Waals surface area contributed by atoms with E-state index in [0.717, 1.165) is 0 Å². The molecule has 0 amide bonds. The van der Waals surface area contributed by atoms with E-state index in [-0.39, 0.29) is 6.71 Å². The van der Waals surface area contributed by atoms with E-state index < -0.39 is 0 Å². The summed E-state index contributed by atoms with van der Waals surface area (Å²) < 4.78 is 0. The molecular weight excluding hydrogens is 575 g/mol. The molecule has 0 unspecified atom stereocenters. The number of benzene rings is 5. The zero-order chi connectivity index (χ0) is 26.9. The summed E-state index contributed by atoms with van der Waals surface area (Å²) in [7, 11) is 0. The number of anilines is 4. The largest absolute Gasteiger partial charge is 0.305 e. The van der Waals surface area contributed by atoms with Crippen LogP contribution in [0.15, 0.2) is 167 Å². The SMILES string of the molecule is c1ccc(N2C3=C(Sc4ccccc4S3)B3C4=C(Sc5ccccc5S4)N(c4ccccc4)c4cccc2c43)cc1. The van der Waals surface area contributed by atoms with Gasteiger partial charge in [0.15, 0.2) is 0 Å². The lowest BCUT2D eigenvalue weighted by atomic mass is 9.41. The summed E-state index contributed by atoms with van der Waals surface area (Å²) in [4.78, 5) is 13.2. The smallest absolute Gasteiger partial charge is 0.270 e. The van der Waals surface area contributed by atoms with E-state index in [1.165, 1.54) is 67.5 Å². The lowest BCUT2D eigenvalue weighted by Gasteiger charge is -2.46. The summed E-state index contributed by atoms with van der Waals surface area (Å²) in [5.74, 6) is 0. The highest BCUT2D eigenvalue weighted by atomic mass is 32.2. The van der Waals surface area contributed by atoms with Gasteiger partial charge in [-0.1, -0.05) is 114 Å². The van der Waals surface area contributed by atoms with E-state index in [1.807, 2.05) is 47.0 Å². The fraction of sp³-hybridized carbons (Fsp3) is 0. The van der Waals surface area contributed by atoms with Crippen molar-refractivity contribution in [2.24, 2.45) is 0 Å². The first-order valence-electron chi connectivity index (χ1n) is 13.6. The second kappa shape index (κ2) is 9.60. The molecule has 5 aromatic rings. The van der Waals surface area contributed by atoms with Crippen LogP contribution >= 0.6 is 47.0 Å². The highest BCUT2D eigenvalue weighted by Gasteiger charge is 2.49. The zero-order valence-electron chi connectivity index (χ0n) is 21.7. The van der Waals surface area contributed by atoms with Crippen molar-refractivity contribution in [3.8, 4) is 0 Å². The number of fused-ring (bicyclic) bond motifs is 4. The number of nitrogens with zero attached hydrogens (tertiary/aromatic N) is 2. The van der Waals surface area contributed by atoms with E-state index in [4.69, 9.17) is 0 Å². The molecule has 9 rings (SSSR count). The minimum Gasteiger partial charge on any atom is -0.305 e. The highest BCUT2D eigenvalue weighted by Crippen LogP contribution is 2.60. The molecule has 2 nitrogen and oxygen atoms in total. The van der Waals surface area contributed by atoms with Crippen LogP contribution in [0.5, 0.6) is 0 Å². The van der Waals surface area contributed by atoms with E-state index >= 15 is 0 Å². The van der Waals surface area contributed by atoms with Crippen LogP contribution in [0, 0.1) is 0 Å². The number of hydrogen-bond acceptors (Lipinski definition) is 6. The van der Waals surface area contributed by atoms with Crippen LogP contribution in [-0.2, 0) is 0 Å². The van der Waals surface area contributed by atoms with Crippen LogP contribution in [0.25, 0.3) is 0 Å². The fourth-order valence-corrected chi connectivity index (χ4v) is 11.4. The Morgan fingerprint density at radius 3 is 1.22 bits per heavy atom. The Hall–Kier alpha value is -3.36. The molecule has 0 bridgehead atoms. The van der Waals surface area contributed by atoms with Gasteiger partial charge in [-0.25, -0.2) is 0 Å². The van der Waals surface area contributed by atoms with Crippen molar-refractivity contribution in [3.05, 3.63) is 147 Å². The number of hydrogen-bond donors (Lipinski definition) is 0. The standard InChI is InChI=1S/C34H21BN2S4/c1-3-12-22(13-4-1)36-24-16-11-17-25-30(24)35(31-33(36)40-28-20-9-7-18-26(28)38-31)32-34(37(25)23-14-5-2-6-15-23)41-29-21-10-8-19-27(29)39-32/h1-21H. The minimum absolute atomic E-state index is 0.169. The molecule has 0 N–H and O–H groups in total. The average molecular weight is 597 g/mol. The third-order valence-corrected chi connectivity index (χ3v) is 13.1. The molecule has 0 spiro atoms.